The Morgan fingerprint density at radius 2 is 2.29 bits per heavy atom. The van der Waals surface area contributed by atoms with Gasteiger partial charge in [-0.1, -0.05) is 17.7 Å². The Balaban J connectivity index is 0.00000280. The Morgan fingerprint density at radius 3 is 2.96 bits per heavy atom. The molecular formula is C19H26ClFIN5O. The van der Waals surface area contributed by atoms with E-state index in [0.29, 0.717) is 36.7 Å². The lowest BCUT2D eigenvalue weighted by atomic mass is 10.1. The van der Waals surface area contributed by atoms with Crippen LogP contribution in [0.1, 0.15) is 24.2 Å². The first-order valence-corrected chi connectivity index (χ1v) is 9.52. The molecule has 1 aromatic carbocycles. The molecule has 1 saturated heterocycles. The Labute approximate surface area is 187 Å². The molecule has 0 bridgehead atoms. The van der Waals surface area contributed by atoms with E-state index in [-0.39, 0.29) is 35.9 Å². The van der Waals surface area contributed by atoms with Crippen LogP contribution in [0.15, 0.2) is 35.6 Å². The van der Waals surface area contributed by atoms with Gasteiger partial charge in [-0.3, -0.25) is 9.67 Å². The van der Waals surface area contributed by atoms with Crippen molar-refractivity contribution in [3.63, 3.8) is 0 Å². The first-order chi connectivity index (χ1) is 13.1. The van der Waals surface area contributed by atoms with Gasteiger partial charge in [-0.15, -0.1) is 24.0 Å². The van der Waals surface area contributed by atoms with Crippen LogP contribution in [-0.2, 0) is 18.2 Å². The summed E-state index contributed by atoms with van der Waals surface area (Å²) < 4.78 is 21.6. The van der Waals surface area contributed by atoms with E-state index in [2.05, 4.69) is 20.3 Å². The number of hydrogen-bond donors (Lipinski definition) is 1. The highest BCUT2D eigenvalue weighted by Gasteiger charge is 2.25. The molecule has 0 amide bonds. The molecule has 9 heteroatoms. The van der Waals surface area contributed by atoms with Crippen molar-refractivity contribution in [1.82, 2.24) is 20.0 Å². The molecular weight excluding hydrogens is 496 g/mol. The van der Waals surface area contributed by atoms with E-state index < -0.39 is 0 Å². The summed E-state index contributed by atoms with van der Waals surface area (Å²) in [6.45, 7) is 5.30. The maximum absolute atomic E-state index is 13.9. The number of halogens is 3. The third-order valence-corrected chi connectivity index (χ3v) is 4.84. The van der Waals surface area contributed by atoms with Gasteiger partial charge in [-0.2, -0.15) is 5.10 Å². The molecule has 1 fully saturated rings. The SMILES string of the molecule is CCNC(=NCCc1c(F)cccc1Cl)N1CCOC(c2cnn(C)c2)C1.I. The van der Waals surface area contributed by atoms with Crippen LogP contribution in [0.2, 0.25) is 5.02 Å². The Hall–Kier alpha value is -1.39. The van der Waals surface area contributed by atoms with Crippen LogP contribution in [0, 0.1) is 5.82 Å². The molecule has 28 heavy (non-hydrogen) atoms. The molecule has 0 aliphatic carbocycles. The highest BCUT2D eigenvalue weighted by atomic mass is 127. The smallest absolute Gasteiger partial charge is 0.194 e. The summed E-state index contributed by atoms with van der Waals surface area (Å²) in [5, 5.41) is 7.98. The van der Waals surface area contributed by atoms with E-state index in [4.69, 9.17) is 16.3 Å². The summed E-state index contributed by atoms with van der Waals surface area (Å²) in [6.07, 6.45) is 4.21. The van der Waals surface area contributed by atoms with Gasteiger partial charge in [0.25, 0.3) is 0 Å². The molecule has 1 aromatic heterocycles. The van der Waals surface area contributed by atoms with Gasteiger partial charge in [0.2, 0.25) is 0 Å². The van der Waals surface area contributed by atoms with Crippen molar-refractivity contribution in [2.75, 3.05) is 32.8 Å². The van der Waals surface area contributed by atoms with Gasteiger partial charge in [0, 0.05) is 49.0 Å². The van der Waals surface area contributed by atoms with E-state index >= 15 is 0 Å². The zero-order chi connectivity index (χ0) is 19.2. The van der Waals surface area contributed by atoms with E-state index in [1.54, 1.807) is 16.8 Å². The van der Waals surface area contributed by atoms with Crippen LogP contribution in [0.4, 0.5) is 4.39 Å². The number of rotatable bonds is 5. The topological polar surface area (TPSA) is 54.7 Å². The predicted molar refractivity (Wildman–Crippen MR) is 120 cm³/mol. The Bertz CT molecular complexity index is 780. The molecule has 1 aliphatic heterocycles. The van der Waals surface area contributed by atoms with Crippen molar-refractivity contribution >= 4 is 41.5 Å². The number of nitrogens with one attached hydrogen (secondary N) is 1. The molecule has 2 aromatic rings. The Morgan fingerprint density at radius 1 is 1.46 bits per heavy atom. The van der Waals surface area contributed by atoms with Gasteiger partial charge >= 0.3 is 0 Å². The minimum Gasteiger partial charge on any atom is -0.370 e. The maximum atomic E-state index is 13.9. The number of aliphatic imine (C=N–C) groups is 1. The largest absolute Gasteiger partial charge is 0.370 e. The standard InChI is InChI=1S/C19H25ClFN5O.HI/c1-3-22-19(23-8-7-15-16(20)5-4-6-17(15)21)26-9-10-27-18(13-26)14-11-24-25(2)12-14;/h4-6,11-12,18H,3,7-10,13H2,1-2H3,(H,22,23);1H. The highest BCUT2D eigenvalue weighted by molar-refractivity contribution is 14.0. The van der Waals surface area contributed by atoms with Gasteiger partial charge in [-0.05, 0) is 25.5 Å². The molecule has 1 atom stereocenters. The molecule has 2 heterocycles. The van der Waals surface area contributed by atoms with Crippen LogP contribution in [0.3, 0.4) is 0 Å². The summed E-state index contributed by atoms with van der Waals surface area (Å²) in [5.74, 6) is 0.521. The third kappa shape index (κ3) is 5.81. The number of benzene rings is 1. The number of nitrogens with zero attached hydrogens (tertiary/aromatic N) is 4. The fourth-order valence-corrected chi connectivity index (χ4v) is 3.38. The second kappa shape index (κ2) is 11.0. The predicted octanol–water partition coefficient (Wildman–Crippen LogP) is 3.41. The van der Waals surface area contributed by atoms with Crippen molar-refractivity contribution in [1.29, 1.82) is 0 Å². The fraction of sp³-hybridized carbons (Fsp3) is 0.474. The lowest BCUT2D eigenvalue weighted by molar-refractivity contribution is -0.00803. The normalized spacial score (nSPS) is 17.4. The molecule has 3 rings (SSSR count). The first-order valence-electron chi connectivity index (χ1n) is 9.14. The third-order valence-electron chi connectivity index (χ3n) is 4.48. The van der Waals surface area contributed by atoms with Crippen LogP contribution in [-0.4, -0.2) is 53.4 Å². The number of aromatic nitrogens is 2. The molecule has 1 N–H and O–H groups in total. The summed E-state index contributed by atoms with van der Waals surface area (Å²) in [7, 11) is 1.89. The molecule has 1 aliphatic rings. The maximum Gasteiger partial charge on any atom is 0.194 e. The van der Waals surface area contributed by atoms with Gasteiger partial charge in [0.1, 0.15) is 11.9 Å². The summed E-state index contributed by atoms with van der Waals surface area (Å²) in [4.78, 5) is 6.85. The van der Waals surface area contributed by atoms with Gasteiger partial charge in [-0.25, -0.2) is 4.39 Å². The number of guanidine groups is 1. The highest BCUT2D eigenvalue weighted by Crippen LogP contribution is 2.22. The molecule has 0 radical (unpaired) electrons. The average molecular weight is 522 g/mol. The lowest BCUT2D eigenvalue weighted by Gasteiger charge is -2.34. The quantitative estimate of drug-likeness (QED) is 0.372. The first kappa shape index (κ1) is 22.9. The lowest BCUT2D eigenvalue weighted by Crippen LogP contribution is -2.48. The molecule has 6 nitrogen and oxygen atoms in total. The average Bonchev–Trinajstić information content (AvgIpc) is 3.10. The van der Waals surface area contributed by atoms with Crippen molar-refractivity contribution in [3.05, 3.63) is 52.6 Å². The van der Waals surface area contributed by atoms with E-state index in [1.165, 1.54) is 6.07 Å². The fourth-order valence-electron chi connectivity index (χ4n) is 3.12. The molecule has 0 spiro atoms. The van der Waals surface area contributed by atoms with E-state index in [1.807, 2.05) is 26.4 Å². The number of ether oxygens (including phenoxy) is 1. The second-order valence-corrected chi connectivity index (χ2v) is 6.85. The number of hydrogen-bond acceptors (Lipinski definition) is 3. The van der Waals surface area contributed by atoms with E-state index in [9.17, 15) is 4.39 Å². The van der Waals surface area contributed by atoms with E-state index in [0.717, 1.165) is 24.6 Å². The van der Waals surface area contributed by atoms with Crippen LogP contribution >= 0.6 is 35.6 Å². The van der Waals surface area contributed by atoms with Crippen LogP contribution in [0.5, 0.6) is 0 Å². The van der Waals surface area contributed by atoms with Crippen molar-refractivity contribution in [2.45, 2.75) is 19.4 Å². The van der Waals surface area contributed by atoms with Gasteiger partial charge in [0.05, 0.1) is 19.3 Å². The minimum absolute atomic E-state index is 0. The second-order valence-electron chi connectivity index (χ2n) is 6.44. The number of aryl methyl sites for hydroxylation is 1. The van der Waals surface area contributed by atoms with Crippen LogP contribution in [0.25, 0.3) is 0 Å². The van der Waals surface area contributed by atoms with Crippen molar-refractivity contribution in [3.8, 4) is 0 Å². The van der Waals surface area contributed by atoms with Crippen molar-refractivity contribution in [2.24, 2.45) is 12.0 Å². The minimum atomic E-state index is -0.286. The summed E-state index contributed by atoms with van der Waals surface area (Å²) >= 11 is 6.10. The number of morpholine rings is 1. The van der Waals surface area contributed by atoms with Gasteiger partial charge < -0.3 is 15.0 Å². The monoisotopic (exact) mass is 521 g/mol. The zero-order valence-electron chi connectivity index (χ0n) is 16.1. The summed E-state index contributed by atoms with van der Waals surface area (Å²) in [6, 6.07) is 4.74. The van der Waals surface area contributed by atoms with Gasteiger partial charge in [0.15, 0.2) is 5.96 Å². The molecule has 1 unspecified atom stereocenters. The summed E-state index contributed by atoms with van der Waals surface area (Å²) in [5.41, 5.74) is 1.56. The molecule has 154 valence electrons. The molecule has 0 saturated carbocycles. The van der Waals surface area contributed by atoms with Crippen molar-refractivity contribution < 1.29 is 9.13 Å². The zero-order valence-corrected chi connectivity index (χ0v) is 19.2. The van der Waals surface area contributed by atoms with Crippen LogP contribution < -0.4 is 5.32 Å². The Kier molecular flexibility index (Phi) is 8.97.